The average molecular weight is 458 g/mol. The number of terminal acetylenes is 1. The molecule has 0 radical (unpaired) electrons. The lowest BCUT2D eigenvalue weighted by molar-refractivity contribution is 0.0992. The minimum absolute atomic E-state index is 0.182. The summed E-state index contributed by atoms with van der Waals surface area (Å²) in [4.78, 5) is 17.0. The number of hydrogen-bond acceptors (Lipinski definition) is 6. The highest BCUT2D eigenvalue weighted by atomic mass is 32.2. The van der Waals surface area contributed by atoms with Crippen molar-refractivity contribution < 1.29 is 9.53 Å². The van der Waals surface area contributed by atoms with Crippen LogP contribution in [0.15, 0.2) is 70.5 Å². The first kappa shape index (κ1) is 21.7. The summed E-state index contributed by atoms with van der Waals surface area (Å²) < 4.78 is 5.18. The highest BCUT2D eigenvalue weighted by molar-refractivity contribution is 8.00. The Hall–Kier alpha value is -3.52. The molecule has 32 heavy (non-hydrogen) atoms. The minimum atomic E-state index is -0.182. The van der Waals surface area contributed by atoms with Gasteiger partial charge in [0.15, 0.2) is 5.75 Å². The second-order valence-corrected chi connectivity index (χ2v) is 8.80. The maximum atomic E-state index is 12.8. The molecule has 3 aromatic carbocycles. The third kappa shape index (κ3) is 4.27. The van der Waals surface area contributed by atoms with Crippen molar-refractivity contribution in [1.82, 2.24) is 0 Å². The number of anilines is 2. The number of para-hydroxylation sites is 2. The number of amides is 1. The summed E-state index contributed by atoms with van der Waals surface area (Å²) in [7, 11) is 1.45. The molecule has 0 atom stereocenters. The third-order valence-corrected chi connectivity index (χ3v) is 6.94. The van der Waals surface area contributed by atoms with Crippen molar-refractivity contribution in [1.29, 1.82) is 5.26 Å². The van der Waals surface area contributed by atoms with Gasteiger partial charge in [0, 0.05) is 21.0 Å². The van der Waals surface area contributed by atoms with Crippen molar-refractivity contribution in [2.24, 2.45) is 0 Å². The number of fused-ring (bicyclic) bond motifs is 2. The average Bonchev–Trinajstić information content (AvgIpc) is 3.50. The number of carbonyl (C=O) groups excluding carboxylic acids is 1. The van der Waals surface area contributed by atoms with E-state index in [0.29, 0.717) is 22.8 Å². The van der Waals surface area contributed by atoms with Crippen LogP contribution in [-0.2, 0) is 0 Å². The number of methoxy groups -OCH3 is 1. The molecule has 0 saturated carbocycles. The molecule has 2 heterocycles. The highest BCUT2D eigenvalue weighted by Crippen LogP contribution is 2.39. The van der Waals surface area contributed by atoms with Gasteiger partial charge in [-0.05, 0) is 36.4 Å². The maximum Gasteiger partial charge on any atom is 0.259 e. The number of ether oxygens (including phenoxy) is 1. The molecule has 0 aliphatic carbocycles. The van der Waals surface area contributed by atoms with E-state index in [1.165, 1.54) is 23.8 Å². The van der Waals surface area contributed by atoms with Gasteiger partial charge >= 0.3 is 0 Å². The first-order valence-electron chi connectivity index (χ1n) is 9.74. The fourth-order valence-corrected chi connectivity index (χ4v) is 5.30. The van der Waals surface area contributed by atoms with Crippen molar-refractivity contribution in [2.75, 3.05) is 29.1 Å². The van der Waals surface area contributed by atoms with Crippen LogP contribution in [0.5, 0.6) is 5.75 Å². The Bertz CT molecular complexity index is 1200. The molecule has 0 aromatic heterocycles. The van der Waals surface area contributed by atoms with E-state index < -0.39 is 0 Å². The van der Waals surface area contributed by atoms with E-state index in [-0.39, 0.29) is 11.5 Å². The number of carbonyl (C=O) groups is 1. The van der Waals surface area contributed by atoms with Gasteiger partial charge in [0.25, 0.3) is 5.91 Å². The molecule has 2 aliphatic rings. The van der Waals surface area contributed by atoms with Gasteiger partial charge in [-0.2, -0.15) is 5.26 Å². The fourth-order valence-electron chi connectivity index (χ4n) is 3.42. The van der Waals surface area contributed by atoms with Gasteiger partial charge in [-0.25, -0.2) is 0 Å². The molecule has 0 fully saturated rings. The molecular weight excluding hydrogens is 438 g/mol. The Morgan fingerprint density at radius 3 is 2.53 bits per heavy atom. The molecular formula is C25H19N3O2S2. The number of nitriles is 1. The summed E-state index contributed by atoms with van der Waals surface area (Å²) in [5.41, 5.74) is 3.19. The Morgan fingerprint density at radius 2 is 1.81 bits per heavy atom. The Balaban J connectivity index is 0.000000225. The lowest BCUT2D eigenvalue weighted by atomic mass is 10.0. The van der Waals surface area contributed by atoms with Crippen molar-refractivity contribution in [3.63, 3.8) is 0 Å². The van der Waals surface area contributed by atoms with E-state index in [4.69, 9.17) is 11.2 Å². The van der Waals surface area contributed by atoms with Crippen LogP contribution in [0.2, 0.25) is 0 Å². The Morgan fingerprint density at radius 1 is 1.09 bits per heavy atom. The van der Waals surface area contributed by atoms with Crippen LogP contribution in [-0.4, -0.2) is 24.8 Å². The first-order valence-corrected chi connectivity index (χ1v) is 11.7. The standard InChI is InChI=1S/C18H12N2O2S.C7H7NS/c1-3-12-8-13(9-14(10-19)17(12)22-2)18(21)20-11-23-16-7-5-4-6-15(16)20;1-2-4-7-6(3-1)8-5-9-7/h1,4-9H,11H2,2H3;1-4,8H,5H2. The smallest absolute Gasteiger partial charge is 0.259 e. The quantitative estimate of drug-likeness (QED) is 0.519. The number of nitrogens with one attached hydrogen (secondary N) is 1. The topological polar surface area (TPSA) is 65.4 Å². The normalized spacial score (nSPS) is 12.9. The third-order valence-electron chi connectivity index (χ3n) is 4.94. The summed E-state index contributed by atoms with van der Waals surface area (Å²) in [5, 5.41) is 12.5. The molecule has 158 valence electrons. The minimum Gasteiger partial charge on any atom is -0.494 e. The van der Waals surface area contributed by atoms with Crippen LogP contribution in [0.4, 0.5) is 11.4 Å². The zero-order chi connectivity index (χ0) is 22.5. The predicted octanol–water partition coefficient (Wildman–Crippen LogP) is 5.42. The first-order chi connectivity index (χ1) is 15.7. The van der Waals surface area contributed by atoms with Crippen LogP contribution in [0.25, 0.3) is 0 Å². The molecule has 7 heteroatoms. The van der Waals surface area contributed by atoms with E-state index in [2.05, 4.69) is 35.5 Å². The van der Waals surface area contributed by atoms with Crippen LogP contribution in [0.1, 0.15) is 21.5 Å². The van der Waals surface area contributed by atoms with Crippen molar-refractivity contribution in [2.45, 2.75) is 9.79 Å². The van der Waals surface area contributed by atoms with Crippen molar-refractivity contribution in [3.8, 4) is 24.2 Å². The fraction of sp³-hybridized carbons (Fsp3) is 0.120. The lowest BCUT2D eigenvalue weighted by Gasteiger charge is -2.17. The number of benzene rings is 3. The molecule has 1 amide bonds. The lowest BCUT2D eigenvalue weighted by Crippen LogP contribution is -2.28. The van der Waals surface area contributed by atoms with Gasteiger partial charge in [0.05, 0.1) is 35.7 Å². The van der Waals surface area contributed by atoms with E-state index in [1.54, 1.807) is 22.7 Å². The van der Waals surface area contributed by atoms with E-state index in [0.717, 1.165) is 16.5 Å². The zero-order valence-corrected chi connectivity index (χ0v) is 18.9. The summed E-state index contributed by atoms with van der Waals surface area (Å²) in [6.45, 7) is 0. The van der Waals surface area contributed by atoms with Crippen LogP contribution < -0.4 is 15.0 Å². The number of thioether (sulfide) groups is 2. The molecule has 0 spiro atoms. The molecule has 2 aliphatic heterocycles. The van der Waals surface area contributed by atoms with Gasteiger partial charge in [0.2, 0.25) is 0 Å². The molecule has 5 rings (SSSR count). The van der Waals surface area contributed by atoms with Gasteiger partial charge in [-0.3, -0.25) is 9.69 Å². The van der Waals surface area contributed by atoms with Crippen LogP contribution >= 0.6 is 23.5 Å². The highest BCUT2D eigenvalue weighted by Gasteiger charge is 2.27. The summed E-state index contributed by atoms with van der Waals surface area (Å²) in [5.74, 6) is 4.18. The molecule has 0 bridgehead atoms. The monoisotopic (exact) mass is 457 g/mol. The Labute approximate surface area is 195 Å². The molecule has 3 aromatic rings. The largest absolute Gasteiger partial charge is 0.494 e. The number of rotatable bonds is 2. The maximum absolute atomic E-state index is 12.8. The van der Waals surface area contributed by atoms with Crippen molar-refractivity contribution in [3.05, 3.63) is 77.4 Å². The summed E-state index contributed by atoms with van der Waals surface area (Å²) >= 11 is 3.46. The van der Waals surface area contributed by atoms with E-state index >= 15 is 0 Å². The van der Waals surface area contributed by atoms with Crippen molar-refractivity contribution >= 4 is 40.8 Å². The SMILES string of the molecule is C#Cc1cc(C(=O)N2CSc3ccccc32)cc(C#N)c1OC.c1ccc2c(c1)NCS2. The number of hydrogen-bond donors (Lipinski definition) is 1. The van der Waals surface area contributed by atoms with Crippen LogP contribution in [0.3, 0.4) is 0 Å². The van der Waals surface area contributed by atoms with Gasteiger partial charge in [-0.15, -0.1) is 29.9 Å². The number of nitrogens with zero attached hydrogens (tertiary/aromatic N) is 2. The molecule has 5 nitrogen and oxygen atoms in total. The van der Waals surface area contributed by atoms with Gasteiger partial charge in [-0.1, -0.05) is 30.2 Å². The van der Waals surface area contributed by atoms with Crippen LogP contribution in [0, 0.1) is 23.7 Å². The Kier molecular flexibility index (Phi) is 6.61. The van der Waals surface area contributed by atoms with Gasteiger partial charge in [0.1, 0.15) is 6.07 Å². The second-order valence-electron chi connectivity index (χ2n) is 6.80. The molecule has 0 unspecified atom stereocenters. The summed E-state index contributed by atoms with van der Waals surface area (Å²) in [6.07, 6.45) is 5.48. The predicted molar refractivity (Wildman–Crippen MR) is 130 cm³/mol. The van der Waals surface area contributed by atoms with E-state index in [1.807, 2.05) is 42.1 Å². The molecule has 0 saturated heterocycles. The zero-order valence-electron chi connectivity index (χ0n) is 17.3. The van der Waals surface area contributed by atoms with Gasteiger partial charge < -0.3 is 10.1 Å². The summed E-state index contributed by atoms with van der Waals surface area (Å²) in [6, 6.07) is 21.2. The second kappa shape index (κ2) is 9.74. The molecule has 1 N–H and O–H groups in total. The van der Waals surface area contributed by atoms with E-state index in [9.17, 15) is 10.1 Å².